The Bertz CT molecular complexity index is 381. The fourth-order valence-electron chi connectivity index (χ4n) is 3.32. The third-order valence-electron chi connectivity index (χ3n) is 4.35. The molecule has 0 saturated heterocycles. The van der Waals surface area contributed by atoms with Crippen molar-refractivity contribution in [1.29, 1.82) is 0 Å². The molecule has 2 saturated carbocycles. The maximum absolute atomic E-state index is 5.74. The predicted octanol–water partition coefficient (Wildman–Crippen LogP) is 1.94. The number of nitrogens with one attached hydrogen (secondary N) is 1. The molecule has 2 aliphatic rings. The number of hydrogen-bond acceptors (Lipinski definition) is 3. The third kappa shape index (κ3) is 1.64. The second kappa shape index (κ2) is 3.82. The van der Waals surface area contributed by atoms with E-state index in [0.717, 1.165) is 11.8 Å². The topological polar surface area (TPSA) is 50.9 Å². The number of fused-ring (bicyclic) bond motifs is 1. The molecule has 2 fully saturated rings. The quantitative estimate of drug-likeness (QED) is 0.601. The number of nitrogens with two attached hydrogens (primary N) is 1. The summed E-state index contributed by atoms with van der Waals surface area (Å²) in [5.41, 5.74) is 5.57. The van der Waals surface area contributed by atoms with Gasteiger partial charge in [0.1, 0.15) is 0 Å². The van der Waals surface area contributed by atoms with Gasteiger partial charge in [-0.1, -0.05) is 0 Å². The molecule has 0 spiro atoms. The highest BCUT2D eigenvalue weighted by Crippen LogP contribution is 2.57. The highest BCUT2D eigenvalue weighted by molar-refractivity contribution is 5.26. The van der Waals surface area contributed by atoms with Crippen LogP contribution in [0, 0.1) is 24.7 Å². The van der Waals surface area contributed by atoms with Crippen molar-refractivity contribution < 1.29 is 0 Å². The molecule has 1 aromatic heterocycles. The van der Waals surface area contributed by atoms with Crippen LogP contribution in [0.5, 0.6) is 0 Å². The van der Waals surface area contributed by atoms with Crippen LogP contribution in [-0.4, -0.2) is 4.98 Å². The second-order valence-electron chi connectivity index (χ2n) is 5.36. The molecule has 0 aromatic carbocycles. The Morgan fingerprint density at radius 3 is 2.75 bits per heavy atom. The van der Waals surface area contributed by atoms with E-state index >= 15 is 0 Å². The van der Waals surface area contributed by atoms with Crippen molar-refractivity contribution in [2.75, 3.05) is 0 Å². The van der Waals surface area contributed by atoms with Crippen molar-refractivity contribution in [3.8, 4) is 0 Å². The first-order valence-electron chi connectivity index (χ1n) is 6.16. The van der Waals surface area contributed by atoms with Crippen LogP contribution in [0.4, 0.5) is 0 Å². The number of hydrogen-bond donors (Lipinski definition) is 2. The Hall–Kier alpha value is -0.930. The Balaban J connectivity index is 1.82. The fraction of sp³-hybridized carbons (Fsp3) is 0.615. The van der Waals surface area contributed by atoms with Gasteiger partial charge in [-0.15, -0.1) is 0 Å². The van der Waals surface area contributed by atoms with Crippen molar-refractivity contribution >= 4 is 0 Å². The normalized spacial score (nSPS) is 33.5. The number of aromatic nitrogens is 1. The van der Waals surface area contributed by atoms with Crippen molar-refractivity contribution in [2.24, 2.45) is 23.6 Å². The molecule has 0 aliphatic heterocycles. The van der Waals surface area contributed by atoms with Crippen LogP contribution in [0.2, 0.25) is 0 Å². The average Bonchev–Trinajstić information content (AvgIpc) is 2.90. The van der Waals surface area contributed by atoms with E-state index in [4.69, 9.17) is 5.84 Å². The van der Waals surface area contributed by atoms with Gasteiger partial charge in [-0.3, -0.25) is 16.3 Å². The van der Waals surface area contributed by atoms with E-state index in [1.807, 2.05) is 12.4 Å². The van der Waals surface area contributed by atoms with Gasteiger partial charge in [0.05, 0.1) is 6.04 Å². The van der Waals surface area contributed by atoms with E-state index in [0.29, 0.717) is 12.0 Å². The Kier molecular flexibility index (Phi) is 2.45. The van der Waals surface area contributed by atoms with Gasteiger partial charge < -0.3 is 0 Å². The monoisotopic (exact) mass is 217 g/mol. The number of nitrogens with zero attached hydrogens (tertiary/aromatic N) is 1. The highest BCUT2D eigenvalue weighted by Gasteiger charge is 2.48. The molecule has 16 heavy (non-hydrogen) atoms. The molecule has 3 nitrogen and oxygen atoms in total. The van der Waals surface area contributed by atoms with Gasteiger partial charge in [-0.25, -0.2) is 0 Å². The van der Waals surface area contributed by atoms with Crippen LogP contribution in [0.25, 0.3) is 0 Å². The molecule has 0 bridgehead atoms. The Morgan fingerprint density at radius 2 is 2.12 bits per heavy atom. The lowest BCUT2D eigenvalue weighted by atomic mass is 9.88. The fourth-order valence-corrected chi connectivity index (χ4v) is 3.32. The third-order valence-corrected chi connectivity index (χ3v) is 4.35. The summed E-state index contributed by atoms with van der Waals surface area (Å²) in [7, 11) is 0. The van der Waals surface area contributed by atoms with E-state index in [1.165, 1.54) is 30.4 Å². The molecule has 1 aromatic rings. The van der Waals surface area contributed by atoms with E-state index < -0.39 is 0 Å². The lowest BCUT2D eigenvalue weighted by molar-refractivity contribution is 0.344. The van der Waals surface area contributed by atoms with Crippen LogP contribution in [0.1, 0.15) is 36.4 Å². The minimum atomic E-state index is 0.293. The zero-order valence-electron chi connectivity index (χ0n) is 9.69. The summed E-state index contributed by atoms with van der Waals surface area (Å²) in [5.74, 6) is 8.44. The van der Waals surface area contributed by atoms with Crippen LogP contribution in [0.3, 0.4) is 0 Å². The van der Waals surface area contributed by atoms with Gasteiger partial charge in [0.2, 0.25) is 0 Å². The smallest absolute Gasteiger partial charge is 0.0506 e. The molecule has 3 atom stereocenters. The SMILES string of the molecule is Cc1ccncc1C(NN)C1CC2CC2C1. The molecule has 3 heteroatoms. The molecule has 3 rings (SSSR count). The van der Waals surface area contributed by atoms with Gasteiger partial charge in [-0.05, 0) is 61.1 Å². The number of pyridine rings is 1. The minimum Gasteiger partial charge on any atom is -0.271 e. The zero-order valence-corrected chi connectivity index (χ0v) is 9.69. The van der Waals surface area contributed by atoms with Gasteiger partial charge in [0.15, 0.2) is 0 Å². The maximum atomic E-state index is 5.74. The first-order chi connectivity index (χ1) is 7.79. The highest BCUT2D eigenvalue weighted by atomic mass is 15.2. The van der Waals surface area contributed by atoms with Crippen LogP contribution in [0.15, 0.2) is 18.5 Å². The molecule has 86 valence electrons. The van der Waals surface area contributed by atoms with E-state index in [1.54, 1.807) is 0 Å². The molecule has 1 heterocycles. The molecule has 3 unspecified atom stereocenters. The van der Waals surface area contributed by atoms with Crippen molar-refractivity contribution in [2.45, 2.75) is 32.2 Å². The number of hydrazine groups is 1. The summed E-state index contributed by atoms with van der Waals surface area (Å²) in [5, 5.41) is 0. The van der Waals surface area contributed by atoms with Crippen LogP contribution >= 0.6 is 0 Å². The molecule has 3 N–H and O–H groups in total. The minimum absolute atomic E-state index is 0.293. The Labute approximate surface area is 96.4 Å². The largest absolute Gasteiger partial charge is 0.271 e. The molecule has 0 radical (unpaired) electrons. The summed E-state index contributed by atoms with van der Waals surface area (Å²) in [6, 6.07) is 2.36. The molecule has 2 aliphatic carbocycles. The zero-order chi connectivity index (χ0) is 11.1. The molecular formula is C13H19N3. The van der Waals surface area contributed by atoms with Crippen molar-refractivity contribution in [3.63, 3.8) is 0 Å². The molecular weight excluding hydrogens is 198 g/mol. The van der Waals surface area contributed by atoms with Gasteiger partial charge in [-0.2, -0.15) is 0 Å². The first kappa shape index (κ1) is 10.2. The van der Waals surface area contributed by atoms with Crippen molar-refractivity contribution in [1.82, 2.24) is 10.4 Å². The summed E-state index contributed by atoms with van der Waals surface area (Å²) in [6.45, 7) is 2.14. The van der Waals surface area contributed by atoms with E-state index in [9.17, 15) is 0 Å². The van der Waals surface area contributed by atoms with E-state index in [2.05, 4.69) is 23.4 Å². The lowest BCUT2D eigenvalue weighted by Gasteiger charge is -2.25. The number of aryl methyl sites for hydroxylation is 1. The van der Waals surface area contributed by atoms with Crippen molar-refractivity contribution in [3.05, 3.63) is 29.6 Å². The maximum Gasteiger partial charge on any atom is 0.0506 e. The van der Waals surface area contributed by atoms with Crippen LogP contribution in [-0.2, 0) is 0 Å². The van der Waals surface area contributed by atoms with E-state index in [-0.39, 0.29) is 0 Å². The lowest BCUT2D eigenvalue weighted by Crippen LogP contribution is -2.33. The van der Waals surface area contributed by atoms with Gasteiger partial charge >= 0.3 is 0 Å². The number of rotatable bonds is 3. The van der Waals surface area contributed by atoms with Crippen LogP contribution < -0.4 is 11.3 Å². The second-order valence-corrected chi connectivity index (χ2v) is 5.36. The standard InChI is InChI=1S/C13H19N3/c1-8-2-3-15-7-12(8)13(16-14)11-5-9-4-10(9)6-11/h2-3,7,9-11,13,16H,4-6,14H2,1H3. The van der Waals surface area contributed by atoms with Gasteiger partial charge in [0, 0.05) is 12.4 Å². The molecule has 0 amide bonds. The predicted molar refractivity (Wildman–Crippen MR) is 63.4 cm³/mol. The van der Waals surface area contributed by atoms with Gasteiger partial charge in [0.25, 0.3) is 0 Å². The summed E-state index contributed by atoms with van der Waals surface area (Å²) in [6.07, 6.45) is 7.95. The summed E-state index contributed by atoms with van der Waals surface area (Å²) in [4.78, 5) is 4.22. The average molecular weight is 217 g/mol. The summed E-state index contributed by atoms with van der Waals surface area (Å²) >= 11 is 0. The summed E-state index contributed by atoms with van der Waals surface area (Å²) < 4.78 is 0. The Morgan fingerprint density at radius 1 is 1.38 bits per heavy atom. The first-order valence-corrected chi connectivity index (χ1v) is 6.16.